The largest absolute Gasteiger partial charge is 0.483 e. The Morgan fingerprint density at radius 3 is 2.76 bits per heavy atom. The van der Waals surface area contributed by atoms with Gasteiger partial charge in [0.1, 0.15) is 18.4 Å². The Hall–Kier alpha value is -4.06. The monoisotopic (exact) mass is 447 g/mol. The molecule has 170 valence electrons. The lowest BCUT2D eigenvalue weighted by Gasteiger charge is -2.39. The molecule has 33 heavy (non-hydrogen) atoms. The van der Waals surface area contributed by atoms with Crippen LogP contribution in [0, 0.1) is 11.3 Å². The van der Waals surface area contributed by atoms with Gasteiger partial charge in [0.25, 0.3) is 11.9 Å². The Morgan fingerprint density at radius 2 is 2.09 bits per heavy atom. The van der Waals surface area contributed by atoms with Crippen molar-refractivity contribution in [3.8, 4) is 22.9 Å². The fourth-order valence-corrected chi connectivity index (χ4v) is 3.96. The van der Waals surface area contributed by atoms with Crippen molar-refractivity contribution in [2.24, 2.45) is 5.10 Å². The van der Waals surface area contributed by atoms with Crippen LogP contribution in [0.5, 0.6) is 5.75 Å². The van der Waals surface area contributed by atoms with Crippen molar-refractivity contribution in [3.63, 3.8) is 0 Å². The van der Waals surface area contributed by atoms with Crippen LogP contribution in [0.3, 0.4) is 0 Å². The van der Waals surface area contributed by atoms with Gasteiger partial charge in [-0.15, -0.1) is 0 Å². The number of rotatable bonds is 3. The molecule has 1 fully saturated rings. The number of carbonyl (C=O) groups excluding carboxylic acids is 1. The molecule has 0 spiro atoms. The number of hydrogen-bond donors (Lipinski definition) is 3. The van der Waals surface area contributed by atoms with Crippen LogP contribution in [0.4, 0.5) is 11.4 Å². The summed E-state index contributed by atoms with van der Waals surface area (Å²) < 4.78 is 5.98. The Balaban J connectivity index is 0.000000601. The normalized spacial score (nSPS) is 18.6. The SMILES string of the molecule is CC(=O)O.CC1C(=O)NN=C2COc3cc(-c4cccc(C#N)c4)c(NC4CCC4)cc3N21. The highest BCUT2D eigenvalue weighted by molar-refractivity contribution is 6.10. The highest BCUT2D eigenvalue weighted by Crippen LogP contribution is 2.43. The van der Waals surface area contributed by atoms with Gasteiger partial charge in [-0.05, 0) is 56.0 Å². The molecule has 1 atom stereocenters. The number of fused-ring (bicyclic) bond motifs is 3. The summed E-state index contributed by atoms with van der Waals surface area (Å²) in [6, 6.07) is 13.9. The number of nitriles is 1. The van der Waals surface area contributed by atoms with Crippen LogP contribution in [0.1, 0.15) is 38.7 Å². The van der Waals surface area contributed by atoms with Gasteiger partial charge in [-0.1, -0.05) is 12.1 Å². The fraction of sp³-hybridized carbons (Fsp3) is 0.333. The fourth-order valence-electron chi connectivity index (χ4n) is 3.96. The molecule has 3 aliphatic rings. The van der Waals surface area contributed by atoms with E-state index in [2.05, 4.69) is 21.9 Å². The van der Waals surface area contributed by atoms with Crippen LogP contribution in [-0.4, -0.2) is 41.5 Å². The van der Waals surface area contributed by atoms with Crippen LogP contribution in [0.25, 0.3) is 11.1 Å². The molecule has 2 heterocycles. The van der Waals surface area contributed by atoms with Crippen molar-refractivity contribution in [2.45, 2.75) is 45.2 Å². The van der Waals surface area contributed by atoms with Crippen LogP contribution in [0.15, 0.2) is 41.5 Å². The molecule has 5 rings (SSSR count). The molecule has 1 unspecified atom stereocenters. The zero-order valence-electron chi connectivity index (χ0n) is 18.5. The van der Waals surface area contributed by atoms with Gasteiger partial charge in [0.05, 0.1) is 17.3 Å². The quantitative estimate of drug-likeness (QED) is 0.659. The van der Waals surface area contributed by atoms with Gasteiger partial charge < -0.3 is 20.1 Å². The third-order valence-electron chi connectivity index (χ3n) is 5.82. The summed E-state index contributed by atoms with van der Waals surface area (Å²) in [4.78, 5) is 23.1. The van der Waals surface area contributed by atoms with Crippen molar-refractivity contribution >= 4 is 29.1 Å². The van der Waals surface area contributed by atoms with E-state index in [0.717, 1.165) is 42.3 Å². The van der Waals surface area contributed by atoms with Crippen LogP contribution in [-0.2, 0) is 9.59 Å². The lowest BCUT2D eigenvalue weighted by atomic mass is 9.91. The highest BCUT2D eigenvalue weighted by atomic mass is 16.5. The number of nitrogens with zero attached hydrogens (tertiary/aromatic N) is 3. The number of carboxylic acid groups (broad SMARTS) is 1. The second-order valence-electron chi connectivity index (χ2n) is 8.19. The van der Waals surface area contributed by atoms with E-state index >= 15 is 0 Å². The molecular formula is C24H25N5O4. The number of carbonyl (C=O) groups is 2. The van der Waals surface area contributed by atoms with Gasteiger partial charge in [0, 0.05) is 24.2 Å². The first-order valence-corrected chi connectivity index (χ1v) is 10.8. The van der Waals surface area contributed by atoms with E-state index in [4.69, 9.17) is 14.6 Å². The van der Waals surface area contributed by atoms with E-state index in [9.17, 15) is 10.1 Å². The lowest BCUT2D eigenvalue weighted by molar-refractivity contribution is -0.134. The number of carboxylic acids is 1. The molecule has 1 amide bonds. The van der Waals surface area contributed by atoms with Crippen molar-refractivity contribution in [1.29, 1.82) is 5.26 Å². The summed E-state index contributed by atoms with van der Waals surface area (Å²) in [6.07, 6.45) is 3.51. The lowest BCUT2D eigenvalue weighted by Crippen LogP contribution is -2.55. The topological polar surface area (TPSA) is 127 Å². The van der Waals surface area contributed by atoms with Gasteiger partial charge in [-0.25, -0.2) is 5.43 Å². The van der Waals surface area contributed by atoms with Crippen molar-refractivity contribution < 1.29 is 19.4 Å². The summed E-state index contributed by atoms with van der Waals surface area (Å²) in [5.74, 6) is 0.432. The first-order chi connectivity index (χ1) is 15.9. The number of ether oxygens (including phenoxy) is 1. The Labute approximate surface area is 191 Å². The molecular weight excluding hydrogens is 422 g/mol. The predicted molar refractivity (Wildman–Crippen MR) is 124 cm³/mol. The van der Waals surface area contributed by atoms with E-state index in [1.54, 1.807) is 6.07 Å². The number of benzene rings is 2. The molecule has 1 saturated carbocycles. The van der Waals surface area contributed by atoms with Crippen LogP contribution in [0.2, 0.25) is 0 Å². The molecule has 0 saturated heterocycles. The maximum atomic E-state index is 12.2. The third-order valence-corrected chi connectivity index (χ3v) is 5.82. The molecule has 1 aliphatic carbocycles. The predicted octanol–water partition coefficient (Wildman–Crippen LogP) is 3.31. The van der Waals surface area contributed by atoms with Gasteiger partial charge in [0.15, 0.2) is 5.84 Å². The minimum Gasteiger partial charge on any atom is -0.483 e. The number of aliphatic carboxylic acids is 1. The summed E-state index contributed by atoms with van der Waals surface area (Å²) in [7, 11) is 0. The molecule has 0 aromatic heterocycles. The number of amides is 1. The van der Waals surface area contributed by atoms with Crippen molar-refractivity contribution in [1.82, 2.24) is 5.43 Å². The minimum atomic E-state index is -0.833. The Bertz CT molecular complexity index is 1160. The van der Waals surface area contributed by atoms with E-state index < -0.39 is 5.97 Å². The number of hydrazone groups is 1. The second kappa shape index (κ2) is 9.20. The second-order valence-corrected chi connectivity index (χ2v) is 8.19. The van der Waals surface area contributed by atoms with Crippen molar-refractivity contribution in [3.05, 3.63) is 42.0 Å². The number of anilines is 2. The van der Waals surface area contributed by atoms with Crippen LogP contribution >= 0.6 is 0 Å². The maximum absolute atomic E-state index is 12.2. The Kier molecular flexibility index (Phi) is 6.18. The highest BCUT2D eigenvalue weighted by Gasteiger charge is 2.36. The summed E-state index contributed by atoms with van der Waals surface area (Å²) in [5, 5.41) is 24.5. The number of nitrogens with one attached hydrogen (secondary N) is 2. The van der Waals surface area contributed by atoms with E-state index in [1.165, 1.54) is 6.42 Å². The summed E-state index contributed by atoms with van der Waals surface area (Å²) in [6.45, 7) is 3.24. The molecule has 9 nitrogen and oxygen atoms in total. The molecule has 0 bridgehead atoms. The van der Waals surface area contributed by atoms with Gasteiger partial charge in [-0.3, -0.25) is 9.59 Å². The smallest absolute Gasteiger partial charge is 0.300 e. The molecule has 3 N–H and O–H groups in total. The molecule has 9 heteroatoms. The average Bonchev–Trinajstić information content (AvgIpc) is 2.77. The van der Waals surface area contributed by atoms with Gasteiger partial charge in [-0.2, -0.15) is 10.4 Å². The third kappa shape index (κ3) is 4.60. The minimum absolute atomic E-state index is 0.138. The molecule has 2 aromatic rings. The molecule has 0 radical (unpaired) electrons. The van der Waals surface area contributed by atoms with Gasteiger partial charge >= 0.3 is 0 Å². The number of hydrogen-bond acceptors (Lipinski definition) is 7. The van der Waals surface area contributed by atoms with Crippen molar-refractivity contribution in [2.75, 3.05) is 16.8 Å². The van der Waals surface area contributed by atoms with E-state index in [-0.39, 0.29) is 11.9 Å². The molecule has 2 aliphatic heterocycles. The summed E-state index contributed by atoms with van der Waals surface area (Å²) >= 11 is 0. The Morgan fingerprint density at radius 1 is 1.33 bits per heavy atom. The number of amidine groups is 1. The van der Waals surface area contributed by atoms with E-state index in [0.29, 0.717) is 29.8 Å². The maximum Gasteiger partial charge on any atom is 0.300 e. The van der Waals surface area contributed by atoms with Gasteiger partial charge in [0.2, 0.25) is 0 Å². The molecule has 2 aromatic carbocycles. The standard InChI is InChI=1S/C22H21N5O2.C2H4O2/c1-13-22(28)26-25-21-12-29-20-9-17(15-5-2-4-14(8-15)11-23)18(10-19(20)27(13)21)24-16-6-3-7-16;1-2(3)4/h2,4-5,8-10,13,16,24H,3,6-7,12H2,1H3,(H,26,28);1H3,(H,3,4). The summed E-state index contributed by atoms with van der Waals surface area (Å²) in [5.41, 5.74) is 6.93. The average molecular weight is 447 g/mol. The first-order valence-electron chi connectivity index (χ1n) is 10.8. The van der Waals surface area contributed by atoms with E-state index in [1.807, 2.05) is 42.2 Å². The first kappa shape index (κ1) is 22.1. The van der Waals surface area contributed by atoms with Crippen LogP contribution < -0.4 is 20.4 Å². The zero-order chi connectivity index (χ0) is 23.5. The zero-order valence-corrected chi connectivity index (χ0v) is 18.5.